The maximum atomic E-state index is 10.9. The quantitative estimate of drug-likeness (QED) is 0.349. The standard InChI is InChI=1S/C21H19N7O2S/c29-28(30)17-5-3-16(4-6-17)18-19-20(31-25-18)21(24-14-23-19)27-10-8-26(9-11-27)13-15-2-1-7-22-12-15/h1-7,12,14H,8-11,13H2. The lowest BCUT2D eigenvalue weighted by Crippen LogP contribution is -2.46. The number of fused-ring (bicyclic) bond motifs is 1. The van der Waals surface area contributed by atoms with Gasteiger partial charge in [0, 0.05) is 62.8 Å². The van der Waals surface area contributed by atoms with Gasteiger partial charge in [0.15, 0.2) is 5.82 Å². The van der Waals surface area contributed by atoms with Crippen LogP contribution in [0.25, 0.3) is 21.5 Å². The van der Waals surface area contributed by atoms with E-state index in [1.165, 1.54) is 29.2 Å². The molecule has 0 saturated carbocycles. The molecule has 0 spiro atoms. The fourth-order valence-corrected chi connectivity index (χ4v) is 4.65. The minimum absolute atomic E-state index is 0.0581. The molecule has 1 fully saturated rings. The monoisotopic (exact) mass is 433 g/mol. The minimum atomic E-state index is -0.406. The van der Waals surface area contributed by atoms with Gasteiger partial charge in [0.25, 0.3) is 5.69 Å². The summed E-state index contributed by atoms with van der Waals surface area (Å²) in [6, 6.07) is 10.5. The van der Waals surface area contributed by atoms with E-state index in [-0.39, 0.29) is 5.69 Å². The highest BCUT2D eigenvalue weighted by Crippen LogP contribution is 2.35. The fraction of sp³-hybridized carbons (Fsp3) is 0.238. The second-order valence-corrected chi connectivity index (χ2v) is 8.11. The molecular formula is C21H19N7O2S. The Labute approximate surface area is 182 Å². The Bertz CT molecular complexity index is 1210. The van der Waals surface area contributed by atoms with Crippen molar-refractivity contribution < 1.29 is 4.92 Å². The third-order valence-corrected chi connectivity index (χ3v) is 6.22. The molecule has 0 N–H and O–H groups in total. The first kappa shape index (κ1) is 19.5. The molecule has 1 aromatic carbocycles. The number of anilines is 1. The number of hydrogen-bond acceptors (Lipinski definition) is 9. The van der Waals surface area contributed by atoms with Gasteiger partial charge in [-0.1, -0.05) is 6.07 Å². The molecule has 0 atom stereocenters. The predicted molar refractivity (Wildman–Crippen MR) is 119 cm³/mol. The predicted octanol–water partition coefficient (Wildman–Crippen LogP) is 3.38. The first-order valence-electron chi connectivity index (χ1n) is 9.90. The van der Waals surface area contributed by atoms with Crippen molar-refractivity contribution in [2.45, 2.75) is 6.54 Å². The largest absolute Gasteiger partial charge is 0.353 e. The molecule has 156 valence electrons. The van der Waals surface area contributed by atoms with Crippen molar-refractivity contribution in [1.29, 1.82) is 0 Å². The van der Waals surface area contributed by atoms with E-state index in [0.717, 1.165) is 60.0 Å². The molecule has 0 bridgehead atoms. The summed E-state index contributed by atoms with van der Waals surface area (Å²) < 4.78 is 5.53. The van der Waals surface area contributed by atoms with Crippen molar-refractivity contribution in [3.63, 3.8) is 0 Å². The summed E-state index contributed by atoms with van der Waals surface area (Å²) in [5.41, 5.74) is 3.59. The second kappa shape index (κ2) is 8.32. The molecule has 3 aromatic heterocycles. The Balaban J connectivity index is 1.35. The molecule has 1 aliphatic rings. The normalized spacial score (nSPS) is 14.8. The van der Waals surface area contributed by atoms with E-state index in [9.17, 15) is 10.1 Å². The molecule has 9 nitrogen and oxygen atoms in total. The summed E-state index contributed by atoms with van der Waals surface area (Å²) in [6.07, 6.45) is 5.28. The maximum absolute atomic E-state index is 10.9. The van der Waals surface area contributed by atoms with Crippen LogP contribution in [0.5, 0.6) is 0 Å². The van der Waals surface area contributed by atoms with Gasteiger partial charge >= 0.3 is 0 Å². The highest BCUT2D eigenvalue weighted by molar-refractivity contribution is 7.14. The van der Waals surface area contributed by atoms with Gasteiger partial charge in [-0.05, 0) is 35.3 Å². The van der Waals surface area contributed by atoms with Crippen molar-refractivity contribution in [1.82, 2.24) is 24.2 Å². The number of hydrogen-bond donors (Lipinski definition) is 0. The van der Waals surface area contributed by atoms with Gasteiger partial charge in [-0.2, -0.15) is 4.37 Å². The Morgan fingerprint density at radius 1 is 1.06 bits per heavy atom. The number of pyridine rings is 1. The molecule has 0 unspecified atom stereocenters. The van der Waals surface area contributed by atoms with Gasteiger partial charge in [0.05, 0.1) is 4.92 Å². The average Bonchev–Trinajstić information content (AvgIpc) is 3.25. The number of nitrogens with zero attached hydrogens (tertiary/aromatic N) is 7. The van der Waals surface area contributed by atoms with E-state index in [0.29, 0.717) is 0 Å². The van der Waals surface area contributed by atoms with Crippen molar-refractivity contribution in [3.05, 3.63) is 70.8 Å². The van der Waals surface area contributed by atoms with Crippen LogP contribution in [0.1, 0.15) is 5.56 Å². The Kier molecular flexibility index (Phi) is 5.23. The zero-order valence-electron chi connectivity index (χ0n) is 16.6. The number of nitro groups is 1. The zero-order chi connectivity index (χ0) is 21.2. The van der Waals surface area contributed by atoms with Crippen LogP contribution < -0.4 is 4.90 Å². The number of benzene rings is 1. The molecule has 4 heterocycles. The molecule has 0 aliphatic carbocycles. The number of nitro benzene ring substituents is 1. The van der Waals surface area contributed by atoms with Crippen LogP contribution in [0.15, 0.2) is 55.1 Å². The van der Waals surface area contributed by atoms with Crippen molar-refractivity contribution in [3.8, 4) is 11.3 Å². The van der Waals surface area contributed by atoms with Crippen LogP contribution in [-0.4, -0.2) is 55.3 Å². The maximum Gasteiger partial charge on any atom is 0.269 e. The van der Waals surface area contributed by atoms with E-state index >= 15 is 0 Å². The summed E-state index contributed by atoms with van der Waals surface area (Å²) in [7, 11) is 0. The van der Waals surface area contributed by atoms with Gasteiger partial charge in [-0.25, -0.2) is 9.97 Å². The highest BCUT2D eigenvalue weighted by Gasteiger charge is 2.22. The minimum Gasteiger partial charge on any atom is -0.353 e. The summed E-state index contributed by atoms with van der Waals surface area (Å²) in [5.74, 6) is 0.900. The van der Waals surface area contributed by atoms with Gasteiger partial charge in [-0.15, -0.1) is 0 Å². The van der Waals surface area contributed by atoms with Crippen molar-refractivity contribution >= 4 is 33.3 Å². The zero-order valence-corrected chi connectivity index (χ0v) is 17.4. The van der Waals surface area contributed by atoms with Crippen LogP contribution in [0, 0.1) is 10.1 Å². The van der Waals surface area contributed by atoms with E-state index in [1.807, 2.05) is 12.3 Å². The Hall–Kier alpha value is -3.50. The molecule has 0 amide bonds. The summed E-state index contributed by atoms with van der Waals surface area (Å²) in [4.78, 5) is 28.4. The van der Waals surface area contributed by atoms with Crippen LogP contribution in [0.2, 0.25) is 0 Å². The number of rotatable bonds is 5. The second-order valence-electron chi connectivity index (χ2n) is 7.33. The van der Waals surface area contributed by atoms with Gasteiger partial charge in [0.1, 0.15) is 22.2 Å². The third kappa shape index (κ3) is 3.94. The number of aromatic nitrogens is 4. The van der Waals surface area contributed by atoms with Crippen molar-refractivity contribution in [2.75, 3.05) is 31.1 Å². The van der Waals surface area contributed by atoms with Crippen LogP contribution in [-0.2, 0) is 6.54 Å². The summed E-state index contributed by atoms with van der Waals surface area (Å²) in [6.45, 7) is 4.52. The van der Waals surface area contributed by atoms with Gasteiger partial charge < -0.3 is 4.90 Å². The fourth-order valence-electron chi connectivity index (χ4n) is 3.78. The third-order valence-electron chi connectivity index (χ3n) is 5.39. The first-order chi connectivity index (χ1) is 15.2. The molecule has 1 aliphatic heterocycles. The van der Waals surface area contributed by atoms with E-state index in [1.54, 1.807) is 24.7 Å². The van der Waals surface area contributed by atoms with E-state index in [2.05, 4.69) is 35.2 Å². The summed E-state index contributed by atoms with van der Waals surface area (Å²) >= 11 is 1.37. The number of non-ortho nitro benzene ring substituents is 1. The van der Waals surface area contributed by atoms with Crippen molar-refractivity contribution in [2.24, 2.45) is 0 Å². The Morgan fingerprint density at radius 3 is 2.58 bits per heavy atom. The molecule has 31 heavy (non-hydrogen) atoms. The van der Waals surface area contributed by atoms with E-state index < -0.39 is 4.92 Å². The van der Waals surface area contributed by atoms with Crippen LogP contribution in [0.3, 0.4) is 0 Å². The lowest BCUT2D eigenvalue weighted by molar-refractivity contribution is -0.384. The lowest BCUT2D eigenvalue weighted by atomic mass is 10.1. The molecule has 4 aromatic rings. The van der Waals surface area contributed by atoms with E-state index in [4.69, 9.17) is 0 Å². The lowest BCUT2D eigenvalue weighted by Gasteiger charge is -2.35. The van der Waals surface area contributed by atoms with Gasteiger partial charge in [-0.3, -0.25) is 20.0 Å². The molecular weight excluding hydrogens is 414 g/mol. The highest BCUT2D eigenvalue weighted by atomic mass is 32.1. The smallest absolute Gasteiger partial charge is 0.269 e. The topological polar surface area (TPSA) is 101 Å². The SMILES string of the molecule is O=[N+]([O-])c1ccc(-c2nsc3c(N4CCN(Cc5cccnc5)CC4)ncnc23)cc1. The molecule has 10 heteroatoms. The van der Waals surface area contributed by atoms with Crippen LogP contribution >= 0.6 is 11.5 Å². The van der Waals surface area contributed by atoms with Gasteiger partial charge in [0.2, 0.25) is 0 Å². The molecule has 5 rings (SSSR count). The first-order valence-corrected chi connectivity index (χ1v) is 10.7. The summed E-state index contributed by atoms with van der Waals surface area (Å²) in [5, 5.41) is 10.9. The molecule has 0 radical (unpaired) electrons. The average molecular weight is 433 g/mol. The molecule has 1 saturated heterocycles. The Morgan fingerprint density at radius 2 is 1.87 bits per heavy atom. The number of piperazine rings is 1. The van der Waals surface area contributed by atoms with Crippen LogP contribution in [0.4, 0.5) is 11.5 Å².